The van der Waals surface area contributed by atoms with E-state index in [1.807, 2.05) is 0 Å². The van der Waals surface area contributed by atoms with Gasteiger partial charge >= 0.3 is 0 Å². The van der Waals surface area contributed by atoms with Crippen molar-refractivity contribution in [1.82, 2.24) is 10.2 Å². The average Bonchev–Trinajstić information content (AvgIpc) is 2.85. The van der Waals surface area contributed by atoms with Gasteiger partial charge in [0.25, 0.3) is 5.91 Å². The summed E-state index contributed by atoms with van der Waals surface area (Å²) >= 11 is 0. The van der Waals surface area contributed by atoms with Crippen LogP contribution in [0.4, 0.5) is 10.1 Å². The molecule has 2 heterocycles. The third-order valence-electron chi connectivity index (χ3n) is 3.03. The fraction of sp³-hybridized carbons (Fsp3) is 0.231. The lowest BCUT2D eigenvalue weighted by Crippen LogP contribution is -2.17. The van der Waals surface area contributed by atoms with Gasteiger partial charge in [0.1, 0.15) is 5.82 Å². The maximum Gasteiger partial charge on any atom is 0.276 e. The van der Waals surface area contributed by atoms with Crippen molar-refractivity contribution in [1.29, 1.82) is 0 Å². The molecule has 0 radical (unpaired) electrons. The Balaban J connectivity index is 1.85. The van der Waals surface area contributed by atoms with Gasteiger partial charge in [0.15, 0.2) is 5.69 Å². The van der Waals surface area contributed by atoms with E-state index < -0.39 is 11.7 Å². The van der Waals surface area contributed by atoms with Crippen molar-refractivity contribution in [2.75, 3.05) is 11.9 Å². The van der Waals surface area contributed by atoms with Crippen LogP contribution in [0.15, 0.2) is 24.3 Å². The second-order valence-electron chi connectivity index (χ2n) is 4.27. The van der Waals surface area contributed by atoms with E-state index in [1.54, 1.807) is 12.1 Å². The van der Waals surface area contributed by atoms with Gasteiger partial charge in [0.05, 0.1) is 18.9 Å². The molecule has 1 aliphatic rings. The van der Waals surface area contributed by atoms with Crippen LogP contribution < -0.4 is 5.32 Å². The molecule has 1 aromatic heterocycles. The number of nitrogens with one attached hydrogen (secondary N) is 2. The van der Waals surface area contributed by atoms with E-state index in [4.69, 9.17) is 4.74 Å². The largest absolute Gasteiger partial charge is 0.376 e. The minimum atomic E-state index is -0.475. The van der Waals surface area contributed by atoms with Gasteiger partial charge in [0.2, 0.25) is 0 Å². The van der Waals surface area contributed by atoms with E-state index in [0.717, 1.165) is 11.3 Å². The number of hydrogen-bond donors (Lipinski definition) is 2. The van der Waals surface area contributed by atoms with Gasteiger partial charge < -0.3 is 10.1 Å². The molecule has 0 bridgehead atoms. The van der Waals surface area contributed by atoms with Crippen LogP contribution >= 0.6 is 0 Å². The molecule has 19 heavy (non-hydrogen) atoms. The predicted octanol–water partition coefficient (Wildman–Crippen LogP) is 1.87. The van der Waals surface area contributed by atoms with Crippen molar-refractivity contribution in [3.05, 3.63) is 47.0 Å². The minimum Gasteiger partial charge on any atom is -0.376 e. The number of carbonyl (C=O) groups excluding carboxylic acids is 1. The molecular weight excluding hydrogens is 249 g/mol. The summed E-state index contributed by atoms with van der Waals surface area (Å²) in [5.41, 5.74) is 2.06. The highest BCUT2D eigenvalue weighted by atomic mass is 19.1. The number of amides is 1. The highest BCUT2D eigenvalue weighted by Gasteiger charge is 2.22. The van der Waals surface area contributed by atoms with Gasteiger partial charge in [-0.3, -0.25) is 9.89 Å². The van der Waals surface area contributed by atoms with Crippen molar-refractivity contribution >= 4 is 11.6 Å². The Morgan fingerprint density at radius 1 is 1.42 bits per heavy atom. The number of fused-ring (bicyclic) bond motifs is 1. The number of carbonyl (C=O) groups is 1. The fourth-order valence-corrected chi connectivity index (χ4v) is 2.04. The number of anilines is 1. The summed E-state index contributed by atoms with van der Waals surface area (Å²) in [5, 5.41) is 9.32. The minimum absolute atomic E-state index is 0.140. The summed E-state index contributed by atoms with van der Waals surface area (Å²) in [4.78, 5) is 12.1. The zero-order valence-electron chi connectivity index (χ0n) is 10.1. The summed E-state index contributed by atoms with van der Waals surface area (Å²) in [6, 6.07) is 6.01. The molecule has 3 rings (SSSR count). The molecule has 0 aliphatic carbocycles. The summed E-state index contributed by atoms with van der Waals surface area (Å²) in [6.45, 7) is 0.968. The third-order valence-corrected chi connectivity index (χ3v) is 3.03. The Bertz CT molecular complexity index is 624. The molecular formula is C13H12FN3O2. The number of para-hydroxylation sites is 1. The molecule has 0 saturated carbocycles. The molecule has 0 atom stereocenters. The van der Waals surface area contributed by atoms with Gasteiger partial charge in [-0.25, -0.2) is 4.39 Å². The first-order chi connectivity index (χ1) is 9.25. The second kappa shape index (κ2) is 4.81. The van der Waals surface area contributed by atoms with Crippen LogP contribution in [-0.2, 0) is 17.8 Å². The van der Waals surface area contributed by atoms with Crippen LogP contribution in [-0.4, -0.2) is 22.7 Å². The number of benzene rings is 1. The van der Waals surface area contributed by atoms with Crippen molar-refractivity contribution in [3.8, 4) is 0 Å². The zero-order chi connectivity index (χ0) is 13.2. The molecule has 1 aliphatic heterocycles. The Kier molecular flexibility index (Phi) is 3.00. The van der Waals surface area contributed by atoms with Gasteiger partial charge in [-0.05, 0) is 12.1 Å². The summed E-state index contributed by atoms with van der Waals surface area (Å²) in [7, 11) is 0. The first-order valence-electron chi connectivity index (χ1n) is 5.95. The van der Waals surface area contributed by atoms with Crippen LogP contribution in [0.25, 0.3) is 0 Å². The molecule has 0 unspecified atom stereocenters. The SMILES string of the molecule is O=C(Nc1ccccc1F)c1n[nH]c2c1COCC2. The van der Waals surface area contributed by atoms with Gasteiger partial charge in [-0.2, -0.15) is 5.10 Å². The van der Waals surface area contributed by atoms with Crippen LogP contribution in [0.3, 0.4) is 0 Å². The van der Waals surface area contributed by atoms with Crippen LogP contribution in [0.1, 0.15) is 21.7 Å². The van der Waals surface area contributed by atoms with E-state index >= 15 is 0 Å². The standard InChI is InChI=1S/C13H12FN3O2/c14-9-3-1-2-4-11(9)15-13(18)12-8-7-19-6-5-10(8)16-17-12/h1-4H,5-7H2,(H,15,18)(H,16,17). The van der Waals surface area contributed by atoms with Crippen molar-refractivity contribution < 1.29 is 13.9 Å². The highest BCUT2D eigenvalue weighted by molar-refractivity contribution is 6.04. The highest BCUT2D eigenvalue weighted by Crippen LogP contribution is 2.20. The summed E-state index contributed by atoms with van der Waals surface area (Å²) in [5.74, 6) is -0.912. The smallest absolute Gasteiger partial charge is 0.276 e. The van der Waals surface area contributed by atoms with Crippen molar-refractivity contribution in [2.45, 2.75) is 13.0 Å². The van der Waals surface area contributed by atoms with Crippen LogP contribution in [0.2, 0.25) is 0 Å². The van der Waals surface area contributed by atoms with E-state index in [2.05, 4.69) is 15.5 Å². The zero-order valence-corrected chi connectivity index (χ0v) is 10.1. The number of H-pyrrole nitrogens is 1. The molecule has 6 heteroatoms. The Morgan fingerprint density at radius 2 is 2.26 bits per heavy atom. The normalized spacial score (nSPS) is 13.9. The maximum atomic E-state index is 13.5. The average molecular weight is 261 g/mol. The number of ether oxygens (including phenoxy) is 1. The summed E-state index contributed by atoms with van der Waals surface area (Å²) < 4.78 is 18.8. The van der Waals surface area contributed by atoms with Crippen LogP contribution in [0, 0.1) is 5.82 Å². The lowest BCUT2D eigenvalue weighted by Gasteiger charge is -2.12. The van der Waals surface area contributed by atoms with Gasteiger partial charge in [0, 0.05) is 17.7 Å². The predicted molar refractivity (Wildman–Crippen MR) is 66.3 cm³/mol. The van der Waals surface area contributed by atoms with E-state index in [-0.39, 0.29) is 11.4 Å². The Hall–Kier alpha value is -2.21. The van der Waals surface area contributed by atoms with E-state index in [0.29, 0.717) is 19.6 Å². The molecule has 2 aromatic rings. The fourth-order valence-electron chi connectivity index (χ4n) is 2.04. The molecule has 2 N–H and O–H groups in total. The lowest BCUT2D eigenvalue weighted by molar-refractivity contribution is 0.0984. The molecule has 5 nitrogen and oxygen atoms in total. The molecule has 98 valence electrons. The number of aromatic amines is 1. The monoisotopic (exact) mass is 261 g/mol. The molecule has 1 aromatic carbocycles. The number of rotatable bonds is 2. The number of hydrogen-bond acceptors (Lipinski definition) is 3. The van der Waals surface area contributed by atoms with Crippen molar-refractivity contribution in [2.24, 2.45) is 0 Å². The molecule has 0 saturated heterocycles. The van der Waals surface area contributed by atoms with Crippen LogP contribution in [0.5, 0.6) is 0 Å². The van der Waals surface area contributed by atoms with Gasteiger partial charge in [-0.1, -0.05) is 12.1 Å². The first-order valence-corrected chi connectivity index (χ1v) is 5.95. The Morgan fingerprint density at radius 3 is 3.11 bits per heavy atom. The van der Waals surface area contributed by atoms with E-state index in [9.17, 15) is 9.18 Å². The molecule has 1 amide bonds. The maximum absolute atomic E-state index is 13.5. The first kappa shape index (κ1) is 11.9. The topological polar surface area (TPSA) is 67.0 Å². The number of aromatic nitrogens is 2. The Labute approximate surface area is 108 Å². The molecule has 0 fully saturated rings. The van der Waals surface area contributed by atoms with Crippen molar-refractivity contribution in [3.63, 3.8) is 0 Å². The lowest BCUT2D eigenvalue weighted by atomic mass is 10.1. The number of nitrogens with zero attached hydrogens (tertiary/aromatic N) is 1. The van der Waals surface area contributed by atoms with E-state index in [1.165, 1.54) is 12.1 Å². The summed E-state index contributed by atoms with van der Waals surface area (Å²) in [6.07, 6.45) is 0.704. The second-order valence-corrected chi connectivity index (χ2v) is 4.27. The third kappa shape index (κ3) is 2.22. The number of halogens is 1. The quantitative estimate of drug-likeness (QED) is 0.867. The molecule has 0 spiro atoms. The van der Waals surface area contributed by atoms with Gasteiger partial charge in [-0.15, -0.1) is 0 Å².